The first-order valence-electron chi connectivity index (χ1n) is 4.65. The first kappa shape index (κ1) is 13.2. The molecule has 0 spiro atoms. The molecule has 0 saturated carbocycles. The van der Waals surface area contributed by atoms with E-state index in [1.165, 1.54) is 0 Å². The van der Waals surface area contributed by atoms with Crippen LogP contribution in [0.25, 0.3) is 0 Å². The van der Waals surface area contributed by atoms with E-state index in [1.807, 2.05) is 22.6 Å². The van der Waals surface area contributed by atoms with Gasteiger partial charge in [-0.25, -0.2) is 4.79 Å². The Morgan fingerprint density at radius 3 is 2.08 bits per heavy atom. The average molecular weight is 293 g/mol. The molecule has 0 radical (unpaired) electrons. The molecular weight excluding hydrogens is 277 g/mol. The van der Waals surface area contributed by atoms with Crippen LogP contribution in [-0.4, -0.2) is 39.8 Å². The molecule has 0 atom stereocenters. The molecule has 0 unspecified atom stereocenters. The molecule has 1 N–H and O–H groups in total. The normalized spacial score (nSPS) is 10.8. The number of hydrogen-bond acceptors (Lipinski definition) is 2. The molecule has 0 saturated heterocycles. The van der Waals surface area contributed by atoms with Gasteiger partial charge in [-0.3, -0.25) is 0 Å². The second-order valence-corrected chi connectivity index (χ2v) is 3.63. The highest BCUT2D eigenvalue weighted by Crippen LogP contribution is 2.17. The van der Waals surface area contributed by atoms with E-state index in [0.29, 0.717) is 4.61 Å². The summed E-state index contributed by atoms with van der Waals surface area (Å²) in [7, 11) is 6.24. The predicted octanol–water partition coefficient (Wildman–Crippen LogP) is -1.00. The van der Waals surface area contributed by atoms with Crippen LogP contribution in [0.5, 0.6) is 0 Å². The van der Waals surface area contributed by atoms with Gasteiger partial charge in [-0.2, -0.15) is 0 Å². The van der Waals surface area contributed by atoms with Gasteiger partial charge in [0.25, 0.3) is 0 Å². The Balaban J connectivity index is 4.16. The van der Waals surface area contributed by atoms with Crippen LogP contribution in [0.4, 0.5) is 4.79 Å². The van der Waals surface area contributed by atoms with E-state index in [2.05, 4.69) is 28.9 Å². The minimum Gasteiger partial charge on any atom is -0.439 e. The maximum Gasteiger partial charge on any atom is 0.408 e. The molecular formula is C6H15B3INO2. The molecule has 7 heteroatoms. The van der Waals surface area contributed by atoms with Crippen LogP contribution in [0.2, 0.25) is 19.0 Å². The Labute approximate surface area is 96.1 Å². The number of halogens is 1. The van der Waals surface area contributed by atoms with Crippen molar-refractivity contribution in [1.29, 1.82) is 0 Å². The summed E-state index contributed by atoms with van der Waals surface area (Å²) < 4.78 is 5.24. The largest absolute Gasteiger partial charge is 0.439 e. The molecule has 0 bridgehead atoms. The highest BCUT2D eigenvalue weighted by molar-refractivity contribution is 14.1. The third kappa shape index (κ3) is 4.29. The van der Waals surface area contributed by atoms with Crippen molar-refractivity contribution >= 4 is 52.2 Å². The van der Waals surface area contributed by atoms with Gasteiger partial charge < -0.3 is 10.1 Å². The lowest BCUT2D eigenvalue weighted by Crippen LogP contribution is -2.47. The fraction of sp³-hybridized carbons (Fsp3) is 0.833. The zero-order valence-electron chi connectivity index (χ0n) is 8.52. The summed E-state index contributed by atoms with van der Waals surface area (Å²) in [5, 5.41) is 2.91. The van der Waals surface area contributed by atoms with Gasteiger partial charge in [-0.1, -0.05) is 19.0 Å². The monoisotopic (exact) mass is 293 g/mol. The third-order valence-electron chi connectivity index (χ3n) is 2.58. The standard InChI is InChI=1S/C6H15B3INO2/c7-1-6(2-8,3-9)11-5(12)13-4-10/h1-4,7-9H2,(H,11,12). The Morgan fingerprint density at radius 1 is 1.31 bits per heavy atom. The van der Waals surface area contributed by atoms with Crippen LogP contribution in [0.15, 0.2) is 0 Å². The maximum absolute atomic E-state index is 11.2. The number of nitrogens with one attached hydrogen (secondary N) is 1. The van der Waals surface area contributed by atoms with Crippen molar-refractivity contribution in [2.45, 2.75) is 24.5 Å². The third-order valence-corrected chi connectivity index (χ3v) is 2.89. The van der Waals surface area contributed by atoms with Gasteiger partial charge in [-0.05, 0) is 22.6 Å². The fourth-order valence-electron chi connectivity index (χ4n) is 1.32. The zero-order valence-corrected chi connectivity index (χ0v) is 10.7. The second kappa shape index (κ2) is 6.62. The van der Waals surface area contributed by atoms with E-state index >= 15 is 0 Å². The Bertz CT molecular complexity index is 158. The number of amides is 1. The van der Waals surface area contributed by atoms with Gasteiger partial charge in [0.05, 0.1) is 0 Å². The molecule has 3 nitrogen and oxygen atoms in total. The van der Waals surface area contributed by atoms with E-state index < -0.39 is 0 Å². The summed E-state index contributed by atoms with van der Waals surface area (Å²) in [6.07, 6.45) is 2.52. The second-order valence-electron chi connectivity index (χ2n) is 3.01. The number of carbonyl (C=O) groups excluding carboxylic acids is 1. The number of alkyl halides is 1. The van der Waals surface area contributed by atoms with Crippen molar-refractivity contribution < 1.29 is 9.53 Å². The number of hydrogen-bond donors (Lipinski definition) is 1. The molecule has 0 aromatic carbocycles. The summed E-state index contributed by atoms with van der Waals surface area (Å²) >= 11 is 2.01. The lowest BCUT2D eigenvalue weighted by atomic mass is 9.68. The van der Waals surface area contributed by atoms with E-state index in [4.69, 9.17) is 4.74 Å². The molecule has 0 rings (SSSR count). The highest BCUT2D eigenvalue weighted by atomic mass is 127. The molecule has 72 valence electrons. The van der Waals surface area contributed by atoms with Crippen molar-refractivity contribution in [1.82, 2.24) is 5.32 Å². The van der Waals surface area contributed by atoms with Crippen molar-refractivity contribution in [3.8, 4) is 0 Å². The molecule has 1 amide bonds. The SMILES string of the molecule is BCC(CB)(CB)NC(=O)OCI. The Kier molecular flexibility index (Phi) is 6.72. The van der Waals surface area contributed by atoms with Crippen LogP contribution >= 0.6 is 22.6 Å². The van der Waals surface area contributed by atoms with Crippen LogP contribution in [0.1, 0.15) is 0 Å². The smallest absolute Gasteiger partial charge is 0.408 e. The summed E-state index contributed by atoms with van der Waals surface area (Å²) in [6, 6.07) is 0. The zero-order chi connectivity index (χ0) is 10.3. The van der Waals surface area contributed by atoms with E-state index in [1.54, 1.807) is 0 Å². The minimum absolute atomic E-state index is 0.0805. The topological polar surface area (TPSA) is 38.3 Å². The maximum atomic E-state index is 11.2. The molecule has 0 heterocycles. The van der Waals surface area contributed by atoms with Gasteiger partial charge in [0.2, 0.25) is 0 Å². The van der Waals surface area contributed by atoms with E-state index in [9.17, 15) is 4.79 Å². The van der Waals surface area contributed by atoms with Crippen LogP contribution in [0, 0.1) is 0 Å². The quantitative estimate of drug-likeness (QED) is 0.401. The van der Waals surface area contributed by atoms with Crippen molar-refractivity contribution in [2.75, 3.05) is 4.61 Å². The molecule has 0 fully saturated rings. The minimum atomic E-state index is -0.306. The van der Waals surface area contributed by atoms with Crippen LogP contribution in [-0.2, 0) is 4.74 Å². The molecule has 0 aliphatic rings. The summed E-state index contributed by atoms with van der Waals surface area (Å²) in [6.45, 7) is 0. The Hall–Kier alpha value is 0.195. The van der Waals surface area contributed by atoms with Crippen LogP contribution < -0.4 is 5.32 Å². The van der Waals surface area contributed by atoms with Gasteiger partial charge in [0, 0.05) is 5.54 Å². The Morgan fingerprint density at radius 2 is 1.77 bits per heavy atom. The highest BCUT2D eigenvalue weighted by Gasteiger charge is 2.25. The summed E-state index contributed by atoms with van der Waals surface area (Å²) in [4.78, 5) is 11.2. The number of rotatable bonds is 5. The fourth-order valence-corrected chi connectivity index (χ4v) is 1.60. The van der Waals surface area contributed by atoms with E-state index in [-0.39, 0.29) is 11.6 Å². The molecule has 0 aliphatic carbocycles. The van der Waals surface area contributed by atoms with Gasteiger partial charge in [0.15, 0.2) is 0 Å². The first-order chi connectivity index (χ1) is 6.14. The lowest BCUT2D eigenvalue weighted by molar-refractivity contribution is 0.159. The number of ether oxygens (including phenoxy) is 1. The average Bonchev–Trinajstić information content (AvgIpc) is 2.15. The molecule has 13 heavy (non-hydrogen) atoms. The van der Waals surface area contributed by atoms with Gasteiger partial charge >= 0.3 is 6.09 Å². The van der Waals surface area contributed by atoms with Gasteiger partial charge in [-0.15, -0.1) is 0 Å². The van der Waals surface area contributed by atoms with Gasteiger partial charge in [0.1, 0.15) is 28.2 Å². The van der Waals surface area contributed by atoms with Crippen molar-refractivity contribution in [3.05, 3.63) is 0 Å². The summed E-state index contributed by atoms with van der Waals surface area (Å²) in [5.41, 5.74) is -0.0805. The predicted molar refractivity (Wildman–Crippen MR) is 71.3 cm³/mol. The van der Waals surface area contributed by atoms with Crippen LogP contribution in [0.3, 0.4) is 0 Å². The van der Waals surface area contributed by atoms with E-state index in [0.717, 1.165) is 19.0 Å². The summed E-state index contributed by atoms with van der Waals surface area (Å²) in [5.74, 6) is 0. The van der Waals surface area contributed by atoms with Crippen molar-refractivity contribution in [2.24, 2.45) is 0 Å². The molecule has 0 aliphatic heterocycles. The number of carbonyl (C=O) groups is 1. The van der Waals surface area contributed by atoms with Crippen molar-refractivity contribution in [3.63, 3.8) is 0 Å². The molecule has 0 aromatic heterocycles. The molecule has 0 aromatic rings. The number of alkyl carbamates (subject to hydrolysis) is 1. The lowest BCUT2D eigenvalue weighted by Gasteiger charge is -2.31. The first-order valence-corrected chi connectivity index (χ1v) is 6.17.